The average molecular weight is 179 g/mol. The summed E-state index contributed by atoms with van der Waals surface area (Å²) in [6.45, 7) is 0. The minimum Gasteiger partial charge on any atom is -0.347 e. The van der Waals surface area contributed by atoms with E-state index in [1.165, 1.54) is 19.3 Å². The van der Waals surface area contributed by atoms with Crippen molar-refractivity contribution >= 4 is 5.91 Å². The number of epoxide rings is 1. The van der Waals surface area contributed by atoms with E-state index < -0.39 is 0 Å². The number of amides is 1. The van der Waals surface area contributed by atoms with Crippen LogP contribution in [0, 0.1) is 23.7 Å². The third-order valence-electron chi connectivity index (χ3n) is 4.47. The fourth-order valence-corrected chi connectivity index (χ4v) is 3.97. The topological polar surface area (TPSA) is 41.6 Å². The summed E-state index contributed by atoms with van der Waals surface area (Å²) in [5, 5.41) is 2.95. The number of hydrogen-bond donors (Lipinski definition) is 1. The molecule has 2 bridgehead atoms. The van der Waals surface area contributed by atoms with Crippen LogP contribution in [0.15, 0.2) is 0 Å². The Bertz CT molecular complexity index is 291. The summed E-state index contributed by atoms with van der Waals surface area (Å²) < 4.78 is 5.48. The van der Waals surface area contributed by atoms with Crippen molar-refractivity contribution in [2.45, 2.75) is 31.6 Å². The van der Waals surface area contributed by atoms with Crippen molar-refractivity contribution in [3.63, 3.8) is 0 Å². The fourth-order valence-electron chi connectivity index (χ4n) is 3.97. The first-order chi connectivity index (χ1) is 6.34. The summed E-state index contributed by atoms with van der Waals surface area (Å²) in [7, 11) is 0. The van der Waals surface area contributed by atoms with Crippen molar-refractivity contribution in [1.82, 2.24) is 5.32 Å². The van der Waals surface area contributed by atoms with Gasteiger partial charge in [0.1, 0.15) is 6.10 Å². The largest absolute Gasteiger partial charge is 0.347 e. The van der Waals surface area contributed by atoms with Crippen molar-refractivity contribution in [3.05, 3.63) is 0 Å². The summed E-state index contributed by atoms with van der Waals surface area (Å²) in [6.07, 6.45) is 4.38. The van der Waals surface area contributed by atoms with Crippen molar-refractivity contribution in [3.8, 4) is 0 Å². The molecule has 1 N–H and O–H groups in total. The Hall–Kier alpha value is -0.570. The molecule has 0 aromatic rings. The van der Waals surface area contributed by atoms with Crippen LogP contribution in [0.4, 0.5) is 0 Å². The molecule has 2 saturated heterocycles. The van der Waals surface area contributed by atoms with E-state index in [0.29, 0.717) is 23.9 Å². The highest BCUT2D eigenvalue weighted by molar-refractivity contribution is 5.81. The Morgan fingerprint density at radius 3 is 3.08 bits per heavy atom. The molecule has 4 aliphatic rings. The van der Waals surface area contributed by atoms with Gasteiger partial charge in [0.05, 0.1) is 0 Å². The van der Waals surface area contributed by atoms with E-state index in [0.717, 1.165) is 5.92 Å². The van der Waals surface area contributed by atoms with Crippen LogP contribution >= 0.6 is 0 Å². The van der Waals surface area contributed by atoms with Crippen LogP contribution < -0.4 is 5.32 Å². The lowest BCUT2D eigenvalue weighted by Crippen LogP contribution is -2.47. The molecule has 13 heavy (non-hydrogen) atoms. The molecule has 2 aliphatic heterocycles. The molecular formula is C10H13NO2. The molecule has 0 aromatic heterocycles. The molecule has 4 fully saturated rings. The van der Waals surface area contributed by atoms with Gasteiger partial charge in [-0.1, -0.05) is 0 Å². The number of hydrogen-bond acceptors (Lipinski definition) is 2. The molecule has 3 heteroatoms. The Balaban J connectivity index is 1.76. The van der Waals surface area contributed by atoms with Gasteiger partial charge in [-0.3, -0.25) is 4.79 Å². The lowest BCUT2D eigenvalue weighted by atomic mass is 9.75. The van der Waals surface area contributed by atoms with Gasteiger partial charge in [-0.15, -0.1) is 0 Å². The highest BCUT2D eigenvalue weighted by Gasteiger charge is 2.64. The van der Waals surface area contributed by atoms with E-state index in [9.17, 15) is 4.79 Å². The van der Waals surface area contributed by atoms with Crippen molar-refractivity contribution in [2.24, 2.45) is 23.7 Å². The third kappa shape index (κ3) is 0.688. The van der Waals surface area contributed by atoms with Gasteiger partial charge in [0, 0.05) is 11.8 Å². The number of carbonyl (C=O) groups is 1. The fraction of sp³-hybridized carbons (Fsp3) is 0.900. The van der Waals surface area contributed by atoms with Gasteiger partial charge in [-0.05, 0) is 31.1 Å². The number of rotatable bonds is 0. The van der Waals surface area contributed by atoms with Gasteiger partial charge in [0.2, 0.25) is 5.91 Å². The first-order valence-corrected chi connectivity index (χ1v) is 5.30. The number of nitrogens with one attached hydrogen (secondary N) is 1. The maximum absolute atomic E-state index is 11.7. The van der Waals surface area contributed by atoms with E-state index in [1.54, 1.807) is 0 Å². The van der Waals surface area contributed by atoms with Gasteiger partial charge in [-0.2, -0.15) is 0 Å². The Kier molecular flexibility index (Phi) is 1.01. The van der Waals surface area contributed by atoms with Gasteiger partial charge in [0.25, 0.3) is 0 Å². The Morgan fingerprint density at radius 2 is 2.15 bits per heavy atom. The first-order valence-electron chi connectivity index (χ1n) is 5.30. The van der Waals surface area contributed by atoms with Crippen LogP contribution in [0.25, 0.3) is 0 Å². The molecule has 0 aromatic carbocycles. The number of fused-ring (bicyclic) bond motifs is 7. The molecule has 5 unspecified atom stereocenters. The van der Waals surface area contributed by atoms with Crippen LogP contribution in [-0.2, 0) is 9.53 Å². The second kappa shape index (κ2) is 1.92. The van der Waals surface area contributed by atoms with E-state index in [1.807, 2.05) is 0 Å². The average Bonchev–Trinajstić information content (AvgIpc) is 2.60. The summed E-state index contributed by atoms with van der Waals surface area (Å²) in [5.41, 5.74) is 0. The predicted molar refractivity (Wildman–Crippen MR) is 44.6 cm³/mol. The van der Waals surface area contributed by atoms with Gasteiger partial charge < -0.3 is 10.1 Å². The Labute approximate surface area is 76.8 Å². The molecule has 70 valence electrons. The zero-order valence-corrected chi connectivity index (χ0v) is 7.40. The second-order valence-electron chi connectivity index (χ2n) is 4.97. The van der Waals surface area contributed by atoms with Crippen LogP contribution in [0.3, 0.4) is 0 Å². The molecular weight excluding hydrogens is 166 g/mol. The van der Waals surface area contributed by atoms with E-state index in [-0.39, 0.29) is 12.1 Å². The summed E-state index contributed by atoms with van der Waals surface area (Å²) in [6, 6.07) is 0. The third-order valence-corrected chi connectivity index (χ3v) is 4.47. The van der Waals surface area contributed by atoms with Crippen LogP contribution in [-0.4, -0.2) is 18.2 Å². The van der Waals surface area contributed by atoms with Crippen LogP contribution in [0.1, 0.15) is 19.3 Å². The molecule has 2 heterocycles. The molecule has 2 saturated carbocycles. The van der Waals surface area contributed by atoms with Gasteiger partial charge >= 0.3 is 0 Å². The predicted octanol–water partition coefficient (Wildman–Crippen LogP) is 0.503. The summed E-state index contributed by atoms with van der Waals surface area (Å²) in [4.78, 5) is 11.7. The van der Waals surface area contributed by atoms with Crippen molar-refractivity contribution in [2.75, 3.05) is 0 Å². The molecule has 0 radical (unpaired) electrons. The zero-order valence-electron chi connectivity index (χ0n) is 7.40. The van der Waals surface area contributed by atoms with Gasteiger partial charge in [-0.25, -0.2) is 0 Å². The molecule has 6 atom stereocenters. The van der Waals surface area contributed by atoms with E-state index >= 15 is 0 Å². The highest BCUT2D eigenvalue weighted by Crippen LogP contribution is 2.58. The van der Waals surface area contributed by atoms with Crippen LogP contribution in [0.5, 0.6) is 0 Å². The highest BCUT2D eigenvalue weighted by atomic mass is 16.6. The molecule has 0 spiro atoms. The zero-order chi connectivity index (χ0) is 8.58. The SMILES string of the molecule is O=C1NC2OC2C2C1C1CC[C@H]2C1. The lowest BCUT2D eigenvalue weighted by molar-refractivity contribution is -0.130. The maximum atomic E-state index is 11.7. The molecule has 3 nitrogen and oxygen atoms in total. The molecule has 2 aliphatic carbocycles. The van der Waals surface area contributed by atoms with Crippen molar-refractivity contribution < 1.29 is 9.53 Å². The number of piperidine rings is 1. The number of carbonyl (C=O) groups excluding carboxylic acids is 1. The maximum Gasteiger partial charge on any atom is 0.225 e. The van der Waals surface area contributed by atoms with Crippen LogP contribution in [0.2, 0.25) is 0 Å². The first kappa shape index (κ1) is 6.82. The monoisotopic (exact) mass is 179 g/mol. The van der Waals surface area contributed by atoms with Gasteiger partial charge in [0.15, 0.2) is 6.23 Å². The second-order valence-corrected chi connectivity index (χ2v) is 4.97. The van der Waals surface area contributed by atoms with E-state index in [2.05, 4.69) is 5.32 Å². The quantitative estimate of drug-likeness (QED) is 0.550. The minimum absolute atomic E-state index is 0.0908. The smallest absolute Gasteiger partial charge is 0.225 e. The minimum atomic E-state index is 0.0908. The van der Waals surface area contributed by atoms with E-state index in [4.69, 9.17) is 4.74 Å². The van der Waals surface area contributed by atoms with Crippen molar-refractivity contribution in [1.29, 1.82) is 0 Å². The number of ether oxygens (including phenoxy) is 1. The normalized spacial score (nSPS) is 61.4. The lowest BCUT2D eigenvalue weighted by Gasteiger charge is -2.31. The standard InChI is InChI=1S/C10H13NO2/c12-9-7-5-2-1-4(3-5)6(7)8-10(11-9)13-8/h4-8,10H,1-3H2,(H,11,12)/t4-,5?,6?,7?,8?,10?/m0/s1. The Morgan fingerprint density at radius 1 is 1.31 bits per heavy atom. The summed E-state index contributed by atoms with van der Waals surface area (Å²) >= 11 is 0. The molecule has 4 rings (SSSR count). The summed E-state index contributed by atoms with van der Waals surface area (Å²) in [5.74, 6) is 2.65. The molecule has 1 amide bonds.